The molecule has 2 heterocycles. The first kappa shape index (κ1) is 20.5. The molecule has 7 heteroatoms. The molecule has 1 N–H and O–H groups in total. The highest BCUT2D eigenvalue weighted by Crippen LogP contribution is 2.32. The average molecular weight is 424 g/mol. The molecule has 3 aromatic rings. The van der Waals surface area contributed by atoms with Crippen LogP contribution in [0.15, 0.2) is 54.9 Å². The van der Waals surface area contributed by atoms with Gasteiger partial charge in [-0.05, 0) is 60.5 Å². The quantitative estimate of drug-likeness (QED) is 0.608. The Labute approximate surface area is 177 Å². The van der Waals surface area contributed by atoms with E-state index in [4.69, 9.17) is 0 Å². The molecule has 0 bridgehead atoms. The summed E-state index contributed by atoms with van der Waals surface area (Å²) in [5.74, 6) is 0.142. The Morgan fingerprint density at radius 1 is 1.13 bits per heavy atom. The van der Waals surface area contributed by atoms with Gasteiger partial charge in [0.25, 0.3) is 0 Å². The minimum atomic E-state index is -3.13. The number of piperidine rings is 1. The van der Waals surface area contributed by atoms with Crippen molar-refractivity contribution in [2.45, 2.75) is 25.8 Å². The molecular formula is C23H25N3O3S. The summed E-state index contributed by atoms with van der Waals surface area (Å²) in [6, 6.07) is 13.9. The highest BCUT2D eigenvalue weighted by atomic mass is 32.2. The van der Waals surface area contributed by atoms with Crippen LogP contribution in [-0.2, 0) is 10.0 Å². The third-order valence-electron chi connectivity index (χ3n) is 5.68. The molecule has 1 aliphatic rings. The highest BCUT2D eigenvalue weighted by molar-refractivity contribution is 7.89. The van der Waals surface area contributed by atoms with Crippen molar-refractivity contribution in [3.63, 3.8) is 0 Å². The number of benzene rings is 2. The number of carbonyl (C=O) groups is 1. The van der Waals surface area contributed by atoms with E-state index in [1.807, 2.05) is 30.5 Å². The number of aldehydes is 1. The van der Waals surface area contributed by atoms with Crippen LogP contribution in [-0.4, -0.2) is 48.9 Å². The zero-order valence-corrected chi connectivity index (χ0v) is 17.7. The number of hydrogen-bond acceptors (Lipinski definition) is 5. The van der Waals surface area contributed by atoms with E-state index >= 15 is 0 Å². The molecule has 2 aromatic carbocycles. The van der Waals surface area contributed by atoms with Crippen molar-refractivity contribution in [2.75, 3.05) is 24.2 Å². The molecule has 0 atom stereocenters. The molecule has 0 aliphatic carbocycles. The van der Waals surface area contributed by atoms with Gasteiger partial charge in [-0.25, -0.2) is 12.7 Å². The lowest BCUT2D eigenvalue weighted by Gasteiger charge is -2.32. The first-order valence-electron chi connectivity index (χ1n) is 10.2. The number of nitrogens with zero attached hydrogens (tertiary/aromatic N) is 2. The van der Waals surface area contributed by atoms with Crippen LogP contribution in [0.25, 0.3) is 21.9 Å². The minimum absolute atomic E-state index is 0.142. The van der Waals surface area contributed by atoms with Crippen molar-refractivity contribution in [1.82, 2.24) is 9.29 Å². The molecule has 1 aliphatic heterocycles. The molecule has 0 spiro atoms. The molecule has 0 radical (unpaired) electrons. The molecule has 4 rings (SSSR count). The molecule has 0 amide bonds. The van der Waals surface area contributed by atoms with Gasteiger partial charge in [0, 0.05) is 48.2 Å². The average Bonchev–Trinajstić information content (AvgIpc) is 2.79. The van der Waals surface area contributed by atoms with Gasteiger partial charge in [-0.2, -0.15) is 0 Å². The fraction of sp³-hybridized carbons (Fsp3) is 0.304. The SMILES string of the molecule is CCS(=O)(=O)N1CCC(Nc2cc(-c3cccc(C=O)c3)cc3ccncc23)CC1. The van der Waals surface area contributed by atoms with Crippen LogP contribution in [0.1, 0.15) is 30.1 Å². The Hall–Kier alpha value is -2.77. The third kappa shape index (κ3) is 4.22. The predicted octanol–water partition coefficient (Wildman–Crippen LogP) is 3.94. The van der Waals surface area contributed by atoms with Crippen molar-refractivity contribution in [1.29, 1.82) is 0 Å². The Bertz CT molecular complexity index is 1170. The Morgan fingerprint density at radius 3 is 2.67 bits per heavy atom. The molecule has 0 unspecified atom stereocenters. The van der Waals surface area contributed by atoms with Crippen LogP contribution >= 0.6 is 0 Å². The molecule has 30 heavy (non-hydrogen) atoms. The zero-order chi connectivity index (χ0) is 21.1. The minimum Gasteiger partial charge on any atom is -0.382 e. The lowest BCUT2D eigenvalue weighted by atomic mass is 9.98. The molecule has 1 saturated heterocycles. The Morgan fingerprint density at radius 2 is 1.93 bits per heavy atom. The van der Waals surface area contributed by atoms with Gasteiger partial charge < -0.3 is 5.32 Å². The number of anilines is 1. The zero-order valence-electron chi connectivity index (χ0n) is 16.9. The number of aromatic nitrogens is 1. The fourth-order valence-electron chi connectivity index (χ4n) is 3.96. The van der Waals surface area contributed by atoms with Gasteiger partial charge in [0.05, 0.1) is 5.75 Å². The topological polar surface area (TPSA) is 79.4 Å². The number of pyridine rings is 1. The number of hydrogen-bond donors (Lipinski definition) is 1. The number of nitrogens with one attached hydrogen (secondary N) is 1. The van der Waals surface area contributed by atoms with Crippen LogP contribution in [0.4, 0.5) is 5.69 Å². The van der Waals surface area contributed by atoms with Gasteiger partial charge in [-0.1, -0.05) is 18.2 Å². The smallest absolute Gasteiger partial charge is 0.213 e. The standard InChI is InChI=1S/C23H25N3O3S/c1-2-30(28,29)26-10-7-21(8-11-26)25-23-14-20(13-19-6-9-24-15-22(19)23)18-5-3-4-17(12-18)16-27/h3-6,9,12-16,21,25H,2,7-8,10-11H2,1H3. The Balaban J connectivity index is 1.63. The number of rotatable bonds is 6. The Kier molecular flexibility index (Phi) is 5.83. The predicted molar refractivity (Wildman–Crippen MR) is 120 cm³/mol. The van der Waals surface area contributed by atoms with Gasteiger partial charge in [0.1, 0.15) is 6.29 Å². The molecule has 1 aromatic heterocycles. The van der Waals surface area contributed by atoms with Gasteiger partial charge in [-0.15, -0.1) is 0 Å². The van der Waals surface area contributed by atoms with Crippen LogP contribution < -0.4 is 5.32 Å². The summed E-state index contributed by atoms with van der Waals surface area (Å²) in [5, 5.41) is 5.71. The van der Waals surface area contributed by atoms with Crippen molar-refractivity contribution in [2.24, 2.45) is 0 Å². The second-order valence-corrected chi connectivity index (χ2v) is 9.84. The lowest BCUT2D eigenvalue weighted by molar-refractivity contribution is 0.112. The van der Waals surface area contributed by atoms with E-state index in [-0.39, 0.29) is 11.8 Å². The van der Waals surface area contributed by atoms with Crippen molar-refractivity contribution >= 4 is 32.8 Å². The van der Waals surface area contributed by atoms with E-state index in [2.05, 4.69) is 22.4 Å². The summed E-state index contributed by atoms with van der Waals surface area (Å²) in [6.45, 7) is 2.75. The van der Waals surface area contributed by atoms with Crippen molar-refractivity contribution < 1.29 is 13.2 Å². The fourth-order valence-corrected chi connectivity index (χ4v) is 5.09. The van der Waals surface area contributed by atoms with Gasteiger partial charge in [0.15, 0.2) is 0 Å². The first-order valence-corrected chi connectivity index (χ1v) is 11.8. The molecule has 6 nitrogen and oxygen atoms in total. The summed E-state index contributed by atoms with van der Waals surface area (Å²) in [7, 11) is -3.13. The first-order chi connectivity index (χ1) is 14.5. The van der Waals surface area contributed by atoms with Crippen LogP contribution in [0.5, 0.6) is 0 Å². The molecule has 1 fully saturated rings. The summed E-state index contributed by atoms with van der Waals surface area (Å²) in [6.07, 6.45) is 5.98. The van der Waals surface area contributed by atoms with Gasteiger partial charge >= 0.3 is 0 Å². The van der Waals surface area contributed by atoms with Gasteiger partial charge in [-0.3, -0.25) is 9.78 Å². The molecular weight excluding hydrogens is 398 g/mol. The summed E-state index contributed by atoms with van der Waals surface area (Å²) in [5.41, 5.74) is 3.61. The van der Waals surface area contributed by atoms with E-state index in [0.717, 1.165) is 46.7 Å². The number of sulfonamides is 1. The maximum Gasteiger partial charge on any atom is 0.213 e. The molecule has 0 saturated carbocycles. The second-order valence-electron chi connectivity index (χ2n) is 7.58. The van der Waals surface area contributed by atoms with Crippen molar-refractivity contribution in [3.8, 4) is 11.1 Å². The monoisotopic (exact) mass is 423 g/mol. The largest absolute Gasteiger partial charge is 0.382 e. The summed E-state index contributed by atoms with van der Waals surface area (Å²) >= 11 is 0. The summed E-state index contributed by atoms with van der Waals surface area (Å²) < 4.78 is 25.8. The van der Waals surface area contributed by atoms with Gasteiger partial charge in [0.2, 0.25) is 10.0 Å². The maximum atomic E-state index is 12.1. The number of carbonyl (C=O) groups excluding carboxylic acids is 1. The normalized spacial score (nSPS) is 15.9. The number of fused-ring (bicyclic) bond motifs is 1. The summed E-state index contributed by atoms with van der Waals surface area (Å²) in [4.78, 5) is 15.5. The van der Waals surface area contributed by atoms with Crippen LogP contribution in [0.3, 0.4) is 0 Å². The highest BCUT2D eigenvalue weighted by Gasteiger charge is 2.26. The van der Waals surface area contributed by atoms with E-state index in [1.165, 1.54) is 0 Å². The van der Waals surface area contributed by atoms with Crippen LogP contribution in [0.2, 0.25) is 0 Å². The lowest BCUT2D eigenvalue weighted by Crippen LogP contribution is -2.42. The van der Waals surface area contributed by atoms with Crippen molar-refractivity contribution in [3.05, 3.63) is 60.4 Å². The van der Waals surface area contributed by atoms with E-state index in [0.29, 0.717) is 18.7 Å². The third-order valence-corrected chi connectivity index (χ3v) is 7.57. The second kappa shape index (κ2) is 8.53. The maximum absolute atomic E-state index is 12.1. The van der Waals surface area contributed by atoms with E-state index < -0.39 is 10.0 Å². The molecule has 156 valence electrons. The van der Waals surface area contributed by atoms with Crippen LogP contribution in [0, 0.1) is 0 Å². The van der Waals surface area contributed by atoms with E-state index in [1.54, 1.807) is 23.5 Å². The van der Waals surface area contributed by atoms with E-state index in [9.17, 15) is 13.2 Å².